The van der Waals surface area contributed by atoms with Crippen LogP contribution in [0.3, 0.4) is 0 Å². The highest BCUT2D eigenvalue weighted by molar-refractivity contribution is 8.04. The number of nitrogens with one attached hydrogen (secondary N) is 1. The van der Waals surface area contributed by atoms with Crippen molar-refractivity contribution < 1.29 is 22.6 Å². The summed E-state index contributed by atoms with van der Waals surface area (Å²) in [5, 5.41) is 2.46. The number of nitrogens with zero attached hydrogens (tertiary/aromatic N) is 3. The van der Waals surface area contributed by atoms with Gasteiger partial charge in [-0.25, -0.2) is 8.42 Å². The van der Waals surface area contributed by atoms with E-state index >= 15 is 0 Å². The Morgan fingerprint density at radius 2 is 1.90 bits per heavy atom. The third kappa shape index (κ3) is 6.96. The predicted molar refractivity (Wildman–Crippen MR) is 157 cm³/mol. The number of sulfonamides is 1. The molecule has 2 aliphatic heterocycles. The monoisotopic (exact) mass is 570 g/mol. The van der Waals surface area contributed by atoms with E-state index < -0.39 is 10.0 Å². The SMILES string of the molecule is COc1cc2c(Oc3cccc(NS(=O)(=O)C4=CSCC4)c3)ccnc2cc1OCCCN1CCN(C)CC1. The van der Waals surface area contributed by atoms with Crippen LogP contribution in [0.1, 0.15) is 12.8 Å². The highest BCUT2D eigenvalue weighted by Gasteiger charge is 2.21. The average Bonchev–Trinajstić information content (AvgIpc) is 3.48. The van der Waals surface area contributed by atoms with Gasteiger partial charge in [-0.1, -0.05) is 6.07 Å². The fourth-order valence-corrected chi connectivity index (χ4v) is 7.11. The number of benzene rings is 2. The third-order valence-electron chi connectivity index (χ3n) is 6.80. The van der Waals surface area contributed by atoms with E-state index in [-0.39, 0.29) is 0 Å². The van der Waals surface area contributed by atoms with Crippen molar-refractivity contribution in [3.63, 3.8) is 0 Å². The van der Waals surface area contributed by atoms with E-state index in [4.69, 9.17) is 14.2 Å². The van der Waals surface area contributed by atoms with Gasteiger partial charge in [0.05, 0.1) is 29.8 Å². The first-order valence-corrected chi connectivity index (χ1v) is 15.6. The zero-order valence-electron chi connectivity index (χ0n) is 22.3. The maximum atomic E-state index is 12.7. The number of rotatable bonds is 11. The molecular weight excluding hydrogens is 536 g/mol. The number of hydrogen-bond donors (Lipinski definition) is 1. The fraction of sp³-hybridized carbons (Fsp3) is 0.393. The van der Waals surface area contributed by atoms with E-state index in [1.165, 1.54) is 11.8 Å². The van der Waals surface area contributed by atoms with Gasteiger partial charge < -0.3 is 24.0 Å². The molecule has 3 heterocycles. The summed E-state index contributed by atoms with van der Waals surface area (Å²) in [6.07, 6.45) is 3.14. The van der Waals surface area contributed by atoms with Gasteiger partial charge in [0.25, 0.3) is 10.0 Å². The quantitative estimate of drug-likeness (QED) is 0.327. The molecule has 1 saturated heterocycles. The first kappa shape index (κ1) is 27.6. The molecule has 0 saturated carbocycles. The van der Waals surface area contributed by atoms with Crippen LogP contribution < -0.4 is 18.9 Å². The topological polar surface area (TPSA) is 93.2 Å². The normalized spacial score (nSPS) is 16.7. The lowest BCUT2D eigenvalue weighted by Crippen LogP contribution is -2.44. The van der Waals surface area contributed by atoms with Crippen molar-refractivity contribution in [3.05, 3.63) is 59.0 Å². The van der Waals surface area contributed by atoms with Crippen LogP contribution in [0, 0.1) is 0 Å². The first-order chi connectivity index (χ1) is 18.9. The van der Waals surface area contributed by atoms with Crippen LogP contribution in [-0.4, -0.2) is 82.4 Å². The average molecular weight is 571 g/mol. The van der Waals surface area contributed by atoms with E-state index in [1.54, 1.807) is 49.0 Å². The van der Waals surface area contributed by atoms with Gasteiger partial charge in [-0.2, -0.15) is 0 Å². The van der Waals surface area contributed by atoms with Crippen molar-refractivity contribution in [1.82, 2.24) is 14.8 Å². The first-order valence-electron chi connectivity index (χ1n) is 13.0. The molecule has 1 N–H and O–H groups in total. The summed E-state index contributed by atoms with van der Waals surface area (Å²) in [7, 11) is 0.194. The third-order valence-corrected chi connectivity index (χ3v) is 9.36. The van der Waals surface area contributed by atoms with E-state index in [0.29, 0.717) is 52.1 Å². The number of hydrogen-bond acceptors (Lipinski definition) is 9. The zero-order valence-corrected chi connectivity index (χ0v) is 23.9. The highest BCUT2D eigenvalue weighted by atomic mass is 32.2. The molecule has 0 amide bonds. The number of pyridine rings is 1. The molecule has 5 rings (SSSR count). The molecule has 39 heavy (non-hydrogen) atoms. The summed E-state index contributed by atoms with van der Waals surface area (Å²) in [5.74, 6) is 3.10. The predicted octanol–water partition coefficient (Wildman–Crippen LogP) is 4.77. The molecule has 2 aromatic carbocycles. The number of likely N-dealkylation sites (N-methyl/N-ethyl adjacent to an activating group) is 1. The molecule has 0 unspecified atom stereocenters. The molecule has 11 heteroatoms. The molecule has 0 spiro atoms. The Kier molecular flexibility index (Phi) is 8.81. The summed E-state index contributed by atoms with van der Waals surface area (Å²) in [6.45, 7) is 5.98. The van der Waals surface area contributed by atoms with Gasteiger partial charge >= 0.3 is 0 Å². The Balaban J connectivity index is 1.27. The summed E-state index contributed by atoms with van der Waals surface area (Å²) in [5.41, 5.74) is 1.15. The number of methoxy groups -OCH3 is 1. The van der Waals surface area contributed by atoms with E-state index in [9.17, 15) is 8.42 Å². The summed E-state index contributed by atoms with van der Waals surface area (Å²) < 4.78 is 45.9. The lowest BCUT2D eigenvalue weighted by molar-refractivity contribution is 0.145. The van der Waals surface area contributed by atoms with Crippen molar-refractivity contribution >= 4 is 38.4 Å². The zero-order chi connectivity index (χ0) is 27.2. The molecule has 0 atom stereocenters. The van der Waals surface area contributed by atoms with Crippen molar-refractivity contribution in [2.45, 2.75) is 12.8 Å². The molecule has 208 valence electrons. The molecule has 1 fully saturated rings. The Bertz CT molecular complexity index is 1440. The smallest absolute Gasteiger partial charge is 0.258 e. The van der Waals surface area contributed by atoms with Crippen LogP contribution in [-0.2, 0) is 10.0 Å². The molecule has 2 aliphatic rings. The molecule has 9 nitrogen and oxygen atoms in total. The van der Waals surface area contributed by atoms with Gasteiger partial charge in [-0.3, -0.25) is 9.71 Å². The Labute approximate surface area is 234 Å². The van der Waals surface area contributed by atoms with Gasteiger partial charge in [-0.15, -0.1) is 11.8 Å². The van der Waals surface area contributed by atoms with Crippen molar-refractivity contribution in [2.75, 3.05) is 64.0 Å². The number of thioether (sulfide) groups is 1. The number of aromatic nitrogens is 1. The molecular formula is C28H34N4O5S2. The molecule has 1 aromatic heterocycles. The lowest BCUT2D eigenvalue weighted by Gasteiger charge is -2.32. The number of ether oxygens (including phenoxy) is 3. The van der Waals surface area contributed by atoms with Gasteiger partial charge in [0.1, 0.15) is 11.5 Å². The Morgan fingerprint density at radius 3 is 2.67 bits per heavy atom. The van der Waals surface area contributed by atoms with E-state index in [2.05, 4.69) is 26.6 Å². The van der Waals surface area contributed by atoms with Crippen LogP contribution in [0.2, 0.25) is 0 Å². The van der Waals surface area contributed by atoms with Crippen LogP contribution in [0.25, 0.3) is 10.9 Å². The molecule has 0 aliphatic carbocycles. The van der Waals surface area contributed by atoms with Crippen molar-refractivity contribution in [2.24, 2.45) is 0 Å². The number of piperazine rings is 1. The fourth-order valence-electron chi connectivity index (χ4n) is 4.57. The second-order valence-electron chi connectivity index (χ2n) is 9.62. The molecule has 0 radical (unpaired) electrons. The number of allylic oxidation sites excluding steroid dienone is 1. The number of fused-ring (bicyclic) bond motifs is 1. The maximum Gasteiger partial charge on any atom is 0.258 e. The minimum absolute atomic E-state index is 0.406. The van der Waals surface area contributed by atoms with Crippen LogP contribution in [0.4, 0.5) is 5.69 Å². The van der Waals surface area contributed by atoms with E-state index in [1.807, 2.05) is 12.1 Å². The standard InChI is InChI=1S/C28H34N4O5S2/c1-31-11-13-32(14-12-31)10-4-15-36-28-19-25-24(18-27(28)35-2)26(7-9-29-25)37-22-6-3-5-21(17-22)30-39(33,34)23-8-16-38-20-23/h3,5-7,9,17-20,30H,4,8,10-16H2,1-2H3. The summed E-state index contributed by atoms with van der Waals surface area (Å²) in [4.78, 5) is 9.74. The Hall–Kier alpha value is -2.99. The minimum atomic E-state index is -3.58. The Morgan fingerprint density at radius 1 is 1.05 bits per heavy atom. The van der Waals surface area contributed by atoms with Crippen molar-refractivity contribution in [3.8, 4) is 23.0 Å². The van der Waals surface area contributed by atoms with Gasteiger partial charge in [0.15, 0.2) is 11.5 Å². The summed E-state index contributed by atoms with van der Waals surface area (Å²) in [6, 6.07) is 12.4. The van der Waals surface area contributed by atoms with E-state index in [0.717, 1.165) is 50.3 Å². The maximum absolute atomic E-state index is 12.7. The highest BCUT2D eigenvalue weighted by Crippen LogP contribution is 2.37. The van der Waals surface area contributed by atoms with Gasteiger partial charge in [0.2, 0.25) is 0 Å². The lowest BCUT2D eigenvalue weighted by atomic mass is 10.1. The molecule has 0 bridgehead atoms. The van der Waals surface area contributed by atoms with Gasteiger partial charge in [-0.05, 0) is 49.6 Å². The molecule has 3 aromatic rings. The minimum Gasteiger partial charge on any atom is -0.493 e. The second-order valence-corrected chi connectivity index (χ2v) is 12.3. The second kappa shape index (κ2) is 12.5. The van der Waals surface area contributed by atoms with Crippen LogP contribution >= 0.6 is 11.8 Å². The van der Waals surface area contributed by atoms with Crippen LogP contribution in [0.15, 0.2) is 59.0 Å². The van der Waals surface area contributed by atoms with Gasteiger partial charge in [0, 0.05) is 62.2 Å². The van der Waals surface area contributed by atoms with Crippen LogP contribution in [0.5, 0.6) is 23.0 Å². The van der Waals surface area contributed by atoms with Crippen molar-refractivity contribution in [1.29, 1.82) is 0 Å². The number of anilines is 1. The largest absolute Gasteiger partial charge is 0.493 e. The summed E-state index contributed by atoms with van der Waals surface area (Å²) >= 11 is 1.51.